The third kappa shape index (κ3) is 64.3. The summed E-state index contributed by atoms with van der Waals surface area (Å²) in [4.78, 5) is 38.2. The molecule has 0 spiro atoms. The molecule has 79 heavy (non-hydrogen) atoms. The lowest BCUT2D eigenvalue weighted by atomic mass is 10.0. The Labute approximate surface area is 487 Å². The van der Waals surface area contributed by atoms with Gasteiger partial charge in [-0.2, -0.15) is 0 Å². The van der Waals surface area contributed by atoms with E-state index < -0.39 is 6.10 Å². The fraction of sp³-hybridized carbons (Fsp3) is 0.658. The van der Waals surface area contributed by atoms with E-state index in [2.05, 4.69) is 154 Å². The van der Waals surface area contributed by atoms with Gasteiger partial charge in [-0.05, 0) is 116 Å². The van der Waals surface area contributed by atoms with Crippen LogP contribution in [-0.2, 0) is 28.6 Å². The van der Waals surface area contributed by atoms with Gasteiger partial charge >= 0.3 is 17.9 Å². The average molecular weight is 1090 g/mol. The lowest BCUT2D eigenvalue weighted by Gasteiger charge is -2.18. The molecule has 0 aromatic carbocycles. The van der Waals surface area contributed by atoms with E-state index in [0.29, 0.717) is 19.3 Å². The first kappa shape index (κ1) is 74.5. The molecule has 0 amide bonds. The molecule has 6 nitrogen and oxygen atoms in total. The van der Waals surface area contributed by atoms with Crippen molar-refractivity contribution in [3.05, 3.63) is 134 Å². The van der Waals surface area contributed by atoms with Gasteiger partial charge in [0.25, 0.3) is 0 Å². The van der Waals surface area contributed by atoms with E-state index >= 15 is 0 Å². The third-order valence-corrected chi connectivity index (χ3v) is 13.7. The predicted octanol–water partition coefficient (Wildman–Crippen LogP) is 22.5. The Balaban J connectivity index is 4.26. The summed E-state index contributed by atoms with van der Waals surface area (Å²) < 4.78 is 16.9. The van der Waals surface area contributed by atoms with Gasteiger partial charge < -0.3 is 14.2 Å². The van der Waals surface area contributed by atoms with Crippen molar-refractivity contribution in [1.29, 1.82) is 0 Å². The van der Waals surface area contributed by atoms with Crippen LogP contribution in [0, 0.1) is 0 Å². The zero-order chi connectivity index (χ0) is 57.1. The third-order valence-electron chi connectivity index (χ3n) is 13.7. The highest BCUT2D eigenvalue weighted by Gasteiger charge is 2.19. The number of unbranched alkanes of at least 4 members (excludes halogenated alkanes) is 25. The zero-order valence-electron chi connectivity index (χ0n) is 51.3. The molecule has 0 radical (unpaired) electrons. The standard InChI is InChI=1S/C73H120O6/c1-4-7-10-13-16-19-21-23-25-27-29-31-33-34-35-36-37-38-40-41-43-45-47-49-51-54-57-60-63-66-72(75)78-69-70(68-77-71(74)65-62-59-56-53-18-15-12-9-6-3)79-73(76)67-64-61-58-55-52-50-48-46-44-42-39-32-30-28-26-24-22-20-17-14-11-8-5-2/h7-8,10-11,16-17,19-20,23-26,29-32,34-35,37-38,41,43,70H,4-6,9,12-15,18,21-22,27-28,33,36,39-40,42,44-69H2,1-3H3/b10-7-,11-8-,19-16-,20-17-,25-23-,26-24-,31-29-,32-30-,35-34-,38-37-,43-41-. The molecular formula is C73H120O6. The van der Waals surface area contributed by atoms with Gasteiger partial charge in [-0.25, -0.2) is 0 Å². The second kappa shape index (κ2) is 66.1. The van der Waals surface area contributed by atoms with Crippen molar-refractivity contribution in [2.45, 2.75) is 297 Å². The van der Waals surface area contributed by atoms with E-state index in [1.54, 1.807) is 0 Å². The summed E-state index contributed by atoms with van der Waals surface area (Å²) in [5.74, 6) is -0.900. The van der Waals surface area contributed by atoms with Crippen LogP contribution in [0.1, 0.15) is 290 Å². The van der Waals surface area contributed by atoms with E-state index in [1.165, 1.54) is 116 Å². The number of carbonyl (C=O) groups is 3. The highest BCUT2D eigenvalue weighted by molar-refractivity contribution is 5.71. The molecule has 0 aromatic heterocycles. The second-order valence-electron chi connectivity index (χ2n) is 21.3. The molecule has 0 aliphatic carbocycles. The molecule has 6 heteroatoms. The maximum atomic E-state index is 12.9. The smallest absolute Gasteiger partial charge is 0.306 e. The Kier molecular flexibility index (Phi) is 62.3. The van der Waals surface area contributed by atoms with Crippen LogP contribution in [0.25, 0.3) is 0 Å². The van der Waals surface area contributed by atoms with Crippen LogP contribution >= 0.6 is 0 Å². The molecular weight excluding hydrogens is 973 g/mol. The van der Waals surface area contributed by atoms with Crippen molar-refractivity contribution in [3.8, 4) is 0 Å². The fourth-order valence-electron chi connectivity index (χ4n) is 8.83. The Morgan fingerprint density at radius 1 is 0.266 bits per heavy atom. The molecule has 0 aliphatic rings. The van der Waals surface area contributed by atoms with Crippen LogP contribution in [0.5, 0.6) is 0 Å². The van der Waals surface area contributed by atoms with Gasteiger partial charge in [0.1, 0.15) is 13.2 Å². The number of allylic oxidation sites excluding steroid dienone is 22. The SMILES string of the molecule is CC/C=C\C/C=C\C/C=C\C/C=C\C/C=C\C/C=C\C/C=C\CCCCCCCCCC(=O)OCC(COC(=O)CCCCCCCCCCC)OC(=O)CCCCCCCCCCCC/C=C\C/C=C\C/C=C\C/C=C\CC. The highest BCUT2D eigenvalue weighted by Crippen LogP contribution is 2.16. The summed E-state index contributed by atoms with van der Waals surface area (Å²) in [6, 6.07) is 0. The second-order valence-corrected chi connectivity index (χ2v) is 21.3. The topological polar surface area (TPSA) is 78.9 Å². The van der Waals surface area contributed by atoms with Gasteiger partial charge in [-0.1, -0.05) is 289 Å². The van der Waals surface area contributed by atoms with Crippen LogP contribution in [0.15, 0.2) is 134 Å². The molecule has 0 rings (SSSR count). The van der Waals surface area contributed by atoms with Gasteiger partial charge in [-0.3, -0.25) is 14.4 Å². The quantitative estimate of drug-likeness (QED) is 0.0261. The zero-order valence-corrected chi connectivity index (χ0v) is 51.3. The van der Waals surface area contributed by atoms with E-state index in [-0.39, 0.29) is 31.1 Å². The van der Waals surface area contributed by atoms with E-state index in [9.17, 15) is 14.4 Å². The summed E-state index contributed by atoms with van der Waals surface area (Å²) in [7, 11) is 0. The largest absolute Gasteiger partial charge is 0.462 e. The Bertz CT molecular complexity index is 1680. The van der Waals surface area contributed by atoms with Crippen LogP contribution in [0.3, 0.4) is 0 Å². The molecule has 0 N–H and O–H groups in total. The summed E-state index contributed by atoms with van der Waals surface area (Å²) >= 11 is 0. The minimum atomic E-state index is -0.788. The van der Waals surface area contributed by atoms with Crippen LogP contribution < -0.4 is 0 Å². The van der Waals surface area contributed by atoms with Gasteiger partial charge in [-0.15, -0.1) is 0 Å². The first-order valence-corrected chi connectivity index (χ1v) is 32.7. The molecule has 0 fully saturated rings. The Morgan fingerprint density at radius 3 is 0.772 bits per heavy atom. The summed E-state index contributed by atoms with van der Waals surface area (Å²) in [6.07, 6.45) is 93.2. The maximum absolute atomic E-state index is 12.9. The number of hydrogen-bond donors (Lipinski definition) is 0. The molecule has 0 bridgehead atoms. The molecule has 0 saturated heterocycles. The number of hydrogen-bond acceptors (Lipinski definition) is 6. The van der Waals surface area contributed by atoms with Gasteiger partial charge in [0.15, 0.2) is 6.10 Å². The summed E-state index contributed by atoms with van der Waals surface area (Å²) in [6.45, 7) is 6.39. The van der Waals surface area contributed by atoms with Crippen molar-refractivity contribution < 1.29 is 28.6 Å². The van der Waals surface area contributed by atoms with Crippen LogP contribution in [0.4, 0.5) is 0 Å². The average Bonchev–Trinajstić information content (AvgIpc) is 3.45. The van der Waals surface area contributed by atoms with E-state index in [0.717, 1.165) is 135 Å². The number of esters is 3. The molecule has 0 saturated carbocycles. The van der Waals surface area contributed by atoms with Crippen LogP contribution in [-0.4, -0.2) is 37.2 Å². The van der Waals surface area contributed by atoms with Crippen molar-refractivity contribution >= 4 is 17.9 Å². The molecule has 1 atom stereocenters. The van der Waals surface area contributed by atoms with Gasteiger partial charge in [0.05, 0.1) is 0 Å². The van der Waals surface area contributed by atoms with Crippen molar-refractivity contribution in [2.24, 2.45) is 0 Å². The Morgan fingerprint density at radius 2 is 0.494 bits per heavy atom. The lowest BCUT2D eigenvalue weighted by Crippen LogP contribution is -2.30. The predicted molar refractivity (Wildman–Crippen MR) is 343 cm³/mol. The maximum Gasteiger partial charge on any atom is 0.306 e. The Hall–Kier alpha value is -4.45. The molecule has 448 valence electrons. The lowest BCUT2D eigenvalue weighted by molar-refractivity contribution is -0.167. The number of rotatable bonds is 58. The van der Waals surface area contributed by atoms with Crippen molar-refractivity contribution in [1.82, 2.24) is 0 Å². The highest BCUT2D eigenvalue weighted by atomic mass is 16.6. The minimum absolute atomic E-state index is 0.0843. The first-order chi connectivity index (χ1) is 39.0. The fourth-order valence-corrected chi connectivity index (χ4v) is 8.83. The summed E-state index contributed by atoms with van der Waals surface area (Å²) in [5.41, 5.74) is 0. The molecule has 0 aromatic rings. The number of ether oxygens (including phenoxy) is 3. The minimum Gasteiger partial charge on any atom is -0.462 e. The molecule has 0 aliphatic heterocycles. The van der Waals surface area contributed by atoms with Crippen molar-refractivity contribution in [2.75, 3.05) is 13.2 Å². The molecule has 1 unspecified atom stereocenters. The first-order valence-electron chi connectivity index (χ1n) is 32.7. The normalized spacial score (nSPS) is 13.0. The molecule has 0 heterocycles. The summed E-state index contributed by atoms with van der Waals surface area (Å²) in [5, 5.41) is 0. The van der Waals surface area contributed by atoms with E-state index in [4.69, 9.17) is 14.2 Å². The van der Waals surface area contributed by atoms with Gasteiger partial charge in [0.2, 0.25) is 0 Å². The van der Waals surface area contributed by atoms with E-state index in [1.807, 2.05) is 0 Å². The monoisotopic (exact) mass is 1090 g/mol. The van der Waals surface area contributed by atoms with Gasteiger partial charge in [0, 0.05) is 19.3 Å². The van der Waals surface area contributed by atoms with Crippen molar-refractivity contribution in [3.63, 3.8) is 0 Å². The number of carbonyl (C=O) groups excluding carboxylic acids is 3. The van der Waals surface area contributed by atoms with Crippen LogP contribution in [0.2, 0.25) is 0 Å².